The van der Waals surface area contributed by atoms with Crippen LogP contribution in [0.4, 0.5) is 4.79 Å². The summed E-state index contributed by atoms with van der Waals surface area (Å²) in [7, 11) is 0. The quantitative estimate of drug-likeness (QED) is 0.610. The Morgan fingerprint density at radius 1 is 1.06 bits per heavy atom. The largest absolute Gasteiger partial charge is 0.481 e. The van der Waals surface area contributed by atoms with E-state index in [2.05, 4.69) is 5.32 Å². The Morgan fingerprint density at radius 3 is 2.16 bits per heavy atom. The van der Waals surface area contributed by atoms with E-state index in [0.717, 1.165) is 22.3 Å². The van der Waals surface area contributed by atoms with E-state index in [-0.39, 0.29) is 18.4 Å². The Balaban J connectivity index is 1.40. The highest BCUT2D eigenvalue weighted by Gasteiger charge is 2.38. The van der Waals surface area contributed by atoms with Crippen LogP contribution in [0, 0.1) is 5.92 Å². The van der Waals surface area contributed by atoms with Crippen LogP contribution in [0.3, 0.4) is 0 Å². The SMILES string of the molecule is CC(O)C1CN(C(=O)C(CC(=O)O)NC(=O)OCC2c3ccccc3-c3ccccc32)C1. The average Bonchev–Trinajstić information content (AvgIpc) is 3.04. The van der Waals surface area contributed by atoms with Crippen LogP contribution >= 0.6 is 0 Å². The number of nitrogens with one attached hydrogen (secondary N) is 1. The van der Waals surface area contributed by atoms with Crippen LogP contribution in [0.2, 0.25) is 0 Å². The zero-order valence-electron chi connectivity index (χ0n) is 17.7. The number of rotatable bonds is 7. The standard InChI is InChI=1S/C24H26N2O6/c1-14(27)15-11-26(12-15)23(30)21(10-22(28)29)25-24(31)32-13-20-18-8-4-2-6-16(18)17-7-3-5-9-19(17)20/h2-9,14-15,20-21,27H,10-13H2,1H3,(H,25,31)(H,28,29). The van der Waals surface area contributed by atoms with E-state index in [1.165, 1.54) is 4.90 Å². The molecule has 0 saturated carbocycles. The topological polar surface area (TPSA) is 116 Å². The second kappa shape index (κ2) is 9.00. The van der Waals surface area contributed by atoms with Crippen LogP contribution < -0.4 is 5.32 Å². The number of aliphatic carboxylic acids is 1. The average molecular weight is 438 g/mol. The molecule has 2 atom stereocenters. The van der Waals surface area contributed by atoms with Crippen molar-refractivity contribution in [2.45, 2.75) is 31.4 Å². The smallest absolute Gasteiger partial charge is 0.407 e. The number of alkyl carbamates (subject to hydrolysis) is 1. The molecule has 3 N–H and O–H groups in total. The fourth-order valence-corrected chi connectivity index (χ4v) is 4.38. The molecular formula is C24H26N2O6. The van der Waals surface area contributed by atoms with Crippen LogP contribution in [-0.4, -0.2) is 64.9 Å². The van der Waals surface area contributed by atoms with Gasteiger partial charge in [0, 0.05) is 24.9 Å². The monoisotopic (exact) mass is 438 g/mol. The summed E-state index contributed by atoms with van der Waals surface area (Å²) in [6, 6.07) is 14.6. The maximum absolute atomic E-state index is 12.7. The van der Waals surface area contributed by atoms with Crippen molar-refractivity contribution in [2.24, 2.45) is 5.92 Å². The number of aliphatic hydroxyl groups excluding tert-OH is 1. The highest BCUT2D eigenvalue weighted by Crippen LogP contribution is 2.44. The van der Waals surface area contributed by atoms with Gasteiger partial charge in [-0.25, -0.2) is 4.79 Å². The lowest BCUT2D eigenvalue weighted by Crippen LogP contribution is -2.59. The molecule has 8 heteroatoms. The van der Waals surface area contributed by atoms with Crippen molar-refractivity contribution < 1.29 is 29.3 Å². The van der Waals surface area contributed by atoms with Gasteiger partial charge >= 0.3 is 12.1 Å². The maximum Gasteiger partial charge on any atom is 0.407 e. The molecule has 4 rings (SSSR count). The number of aliphatic hydroxyl groups is 1. The van der Waals surface area contributed by atoms with Gasteiger partial charge in [-0.3, -0.25) is 9.59 Å². The number of ether oxygens (including phenoxy) is 1. The molecule has 0 radical (unpaired) electrons. The Hall–Kier alpha value is -3.39. The Kier molecular flexibility index (Phi) is 6.14. The number of nitrogens with zero attached hydrogens (tertiary/aromatic N) is 1. The molecule has 2 aromatic carbocycles. The first kappa shape index (κ1) is 21.8. The maximum atomic E-state index is 12.7. The van der Waals surface area contributed by atoms with Crippen molar-refractivity contribution in [3.05, 3.63) is 59.7 Å². The lowest BCUT2D eigenvalue weighted by Gasteiger charge is -2.42. The third-order valence-electron chi connectivity index (χ3n) is 6.22. The predicted molar refractivity (Wildman–Crippen MR) is 116 cm³/mol. The molecule has 0 aromatic heterocycles. The molecule has 2 amide bonds. The van der Waals surface area contributed by atoms with Crippen LogP contribution in [0.1, 0.15) is 30.4 Å². The lowest BCUT2D eigenvalue weighted by molar-refractivity contribution is -0.147. The van der Waals surface area contributed by atoms with Crippen LogP contribution in [0.25, 0.3) is 11.1 Å². The van der Waals surface area contributed by atoms with Crippen molar-refractivity contribution in [2.75, 3.05) is 19.7 Å². The van der Waals surface area contributed by atoms with Crippen molar-refractivity contribution in [1.82, 2.24) is 10.2 Å². The van der Waals surface area contributed by atoms with E-state index >= 15 is 0 Å². The van der Waals surface area contributed by atoms with Crippen molar-refractivity contribution >= 4 is 18.0 Å². The van der Waals surface area contributed by atoms with Crippen molar-refractivity contribution in [1.29, 1.82) is 0 Å². The van der Waals surface area contributed by atoms with Gasteiger partial charge in [-0.1, -0.05) is 48.5 Å². The second-order valence-corrected chi connectivity index (χ2v) is 8.36. The number of amides is 2. The molecular weight excluding hydrogens is 412 g/mol. The van der Waals surface area contributed by atoms with E-state index in [1.54, 1.807) is 6.92 Å². The third kappa shape index (κ3) is 4.31. The summed E-state index contributed by atoms with van der Waals surface area (Å²) >= 11 is 0. The van der Waals surface area contributed by atoms with E-state index in [0.29, 0.717) is 13.1 Å². The van der Waals surface area contributed by atoms with E-state index in [9.17, 15) is 24.6 Å². The number of carboxylic acid groups (broad SMARTS) is 1. The van der Waals surface area contributed by atoms with Crippen molar-refractivity contribution in [3.63, 3.8) is 0 Å². The molecule has 2 unspecified atom stereocenters. The number of carboxylic acids is 1. The molecule has 1 saturated heterocycles. The van der Waals surface area contributed by atoms with E-state index in [4.69, 9.17) is 4.74 Å². The second-order valence-electron chi connectivity index (χ2n) is 8.36. The van der Waals surface area contributed by atoms with Gasteiger partial charge in [0.15, 0.2) is 0 Å². The number of fused-ring (bicyclic) bond motifs is 3. The number of likely N-dealkylation sites (tertiary alicyclic amines) is 1. The number of carbonyl (C=O) groups is 3. The first-order valence-corrected chi connectivity index (χ1v) is 10.6. The lowest BCUT2D eigenvalue weighted by atomic mass is 9.93. The summed E-state index contributed by atoms with van der Waals surface area (Å²) < 4.78 is 5.44. The molecule has 32 heavy (non-hydrogen) atoms. The normalized spacial score (nSPS) is 17.0. The molecule has 2 aliphatic rings. The van der Waals surface area contributed by atoms with Gasteiger partial charge < -0.3 is 25.2 Å². The first-order chi connectivity index (χ1) is 15.3. The summed E-state index contributed by atoms with van der Waals surface area (Å²) in [5.41, 5.74) is 4.32. The van der Waals surface area contributed by atoms with Gasteiger partial charge in [-0.15, -0.1) is 0 Å². The molecule has 2 aromatic rings. The van der Waals surface area contributed by atoms with Crippen molar-refractivity contribution in [3.8, 4) is 11.1 Å². The fourth-order valence-electron chi connectivity index (χ4n) is 4.38. The predicted octanol–water partition coefficient (Wildman–Crippen LogP) is 2.21. The minimum atomic E-state index is -1.22. The van der Waals surface area contributed by atoms with Gasteiger partial charge in [0.2, 0.25) is 5.91 Å². The zero-order valence-corrected chi connectivity index (χ0v) is 17.7. The van der Waals surface area contributed by atoms with Crippen LogP contribution in [0.5, 0.6) is 0 Å². The zero-order chi connectivity index (χ0) is 22.8. The Bertz CT molecular complexity index is 985. The Morgan fingerprint density at radius 2 is 1.62 bits per heavy atom. The first-order valence-electron chi connectivity index (χ1n) is 10.6. The van der Waals surface area contributed by atoms with Crippen LogP contribution in [-0.2, 0) is 14.3 Å². The molecule has 1 aliphatic heterocycles. The minimum absolute atomic E-state index is 0.0427. The molecule has 168 valence electrons. The molecule has 1 aliphatic carbocycles. The summed E-state index contributed by atoms with van der Waals surface area (Å²) in [4.78, 5) is 37.8. The van der Waals surface area contributed by atoms with E-state index < -0.39 is 36.5 Å². The molecule has 0 spiro atoms. The molecule has 1 fully saturated rings. The van der Waals surface area contributed by atoms with Gasteiger partial charge in [0.1, 0.15) is 12.6 Å². The molecule has 8 nitrogen and oxygen atoms in total. The third-order valence-corrected chi connectivity index (χ3v) is 6.22. The highest BCUT2D eigenvalue weighted by atomic mass is 16.5. The summed E-state index contributed by atoms with van der Waals surface area (Å²) in [5, 5.41) is 21.2. The number of hydrogen-bond acceptors (Lipinski definition) is 5. The summed E-state index contributed by atoms with van der Waals surface area (Å²) in [6.45, 7) is 2.38. The number of benzene rings is 2. The summed E-state index contributed by atoms with van der Waals surface area (Å²) in [5.74, 6) is -1.87. The minimum Gasteiger partial charge on any atom is -0.481 e. The number of hydrogen-bond donors (Lipinski definition) is 3. The molecule has 0 bridgehead atoms. The number of carbonyl (C=O) groups excluding carboxylic acids is 2. The van der Waals surface area contributed by atoms with Crippen LogP contribution in [0.15, 0.2) is 48.5 Å². The molecule has 1 heterocycles. The van der Waals surface area contributed by atoms with Gasteiger partial charge in [-0.2, -0.15) is 0 Å². The summed E-state index contributed by atoms with van der Waals surface area (Å²) in [6.07, 6.45) is -1.93. The highest BCUT2D eigenvalue weighted by molar-refractivity contribution is 5.89. The van der Waals surface area contributed by atoms with Gasteiger partial charge in [-0.05, 0) is 29.2 Å². The van der Waals surface area contributed by atoms with Gasteiger partial charge in [0.05, 0.1) is 12.5 Å². The Labute approximate surface area is 185 Å². The van der Waals surface area contributed by atoms with E-state index in [1.807, 2.05) is 48.5 Å². The fraction of sp³-hybridized carbons (Fsp3) is 0.375. The van der Waals surface area contributed by atoms with Gasteiger partial charge in [0.25, 0.3) is 0 Å².